The van der Waals surface area contributed by atoms with Crippen molar-refractivity contribution in [2.45, 2.75) is 36.8 Å². The zero-order valence-electron chi connectivity index (χ0n) is 24.5. The molecule has 47 heavy (non-hydrogen) atoms. The monoisotopic (exact) mass is 645 g/mol. The molecule has 6 N–H and O–H groups in total. The summed E-state index contributed by atoms with van der Waals surface area (Å²) in [6.07, 6.45) is -2.81. The van der Waals surface area contributed by atoms with Crippen molar-refractivity contribution < 1.29 is 59.3 Å². The van der Waals surface area contributed by atoms with Crippen molar-refractivity contribution in [1.29, 1.82) is 0 Å². The van der Waals surface area contributed by atoms with Crippen molar-refractivity contribution in [3.8, 4) is 46.0 Å². The van der Waals surface area contributed by atoms with Crippen molar-refractivity contribution in [2.75, 3.05) is 7.11 Å². The second kappa shape index (κ2) is 10.6. The molecule has 0 fully saturated rings. The Morgan fingerprint density at radius 1 is 0.915 bits per heavy atom. The number of methoxy groups -OCH3 is 1. The summed E-state index contributed by atoms with van der Waals surface area (Å²) in [6.45, 7) is 0. The van der Waals surface area contributed by atoms with Crippen LogP contribution in [-0.4, -0.2) is 54.7 Å². The van der Waals surface area contributed by atoms with E-state index in [1.54, 1.807) is 0 Å². The van der Waals surface area contributed by atoms with E-state index >= 15 is 0 Å². The second-order valence-electron chi connectivity index (χ2n) is 11.6. The van der Waals surface area contributed by atoms with Gasteiger partial charge in [0, 0.05) is 52.8 Å². The first-order valence-corrected chi connectivity index (χ1v) is 14.4. The van der Waals surface area contributed by atoms with Crippen molar-refractivity contribution in [1.82, 2.24) is 0 Å². The number of phenols is 5. The summed E-state index contributed by atoms with van der Waals surface area (Å²) < 4.78 is 24.5. The quantitative estimate of drug-likeness (QED) is 0.0780. The van der Waals surface area contributed by atoms with E-state index in [1.165, 1.54) is 67.8 Å². The fraction of sp³-hybridized carbons (Fsp3) is 0.242. The number of phenolic OH excluding ortho intramolecular Hbond substituents is 5. The van der Waals surface area contributed by atoms with Gasteiger partial charge in [-0.25, -0.2) is 0 Å². The van der Waals surface area contributed by atoms with Crippen molar-refractivity contribution in [2.24, 2.45) is 5.92 Å². The molecule has 3 heterocycles. The summed E-state index contributed by atoms with van der Waals surface area (Å²) >= 11 is 0. The summed E-state index contributed by atoms with van der Waals surface area (Å²) in [5.74, 6) is -6.43. The van der Waals surface area contributed by atoms with E-state index in [0.717, 1.165) is 0 Å². The molecule has 2 bridgehead atoms. The number of aliphatic hydroxyl groups excluding tert-OH is 1. The molecule has 0 aliphatic carbocycles. The average molecular weight is 646 g/mol. The van der Waals surface area contributed by atoms with Crippen LogP contribution >= 0.6 is 0 Å². The number of benzene rings is 4. The Bertz CT molecular complexity index is 1980. The van der Waals surface area contributed by atoms with Gasteiger partial charge in [-0.3, -0.25) is 14.9 Å². The Hall–Kier alpha value is -5.89. The van der Waals surface area contributed by atoms with Crippen molar-refractivity contribution in [3.63, 3.8) is 0 Å². The zero-order chi connectivity index (χ0) is 33.4. The first-order chi connectivity index (χ1) is 22.4. The third-order valence-electron chi connectivity index (χ3n) is 8.95. The van der Waals surface area contributed by atoms with E-state index in [4.69, 9.17) is 18.9 Å². The number of esters is 1. The topological polar surface area (TPSA) is 219 Å². The summed E-state index contributed by atoms with van der Waals surface area (Å²) in [5.41, 5.74) is 0.980. The maximum atomic E-state index is 13.0. The molecule has 0 saturated carbocycles. The SMILES string of the molecule is COC(=O)CC1[C@@H]2c3cc([N+](=O)[O-])ccc3O[C@]1(c1ccc(O)c(O)c1)Oc1cc(O)c3c(c12)O[C@H](c1ccc(O)c(O)c1)[C@@H](O)C3. The Labute approximate surface area is 265 Å². The predicted molar refractivity (Wildman–Crippen MR) is 159 cm³/mol. The van der Waals surface area contributed by atoms with Crippen LogP contribution < -0.4 is 14.2 Å². The molecule has 3 aliphatic rings. The van der Waals surface area contributed by atoms with E-state index in [1.807, 2.05) is 0 Å². The van der Waals surface area contributed by atoms with Gasteiger partial charge in [-0.05, 0) is 42.0 Å². The van der Waals surface area contributed by atoms with Crippen LogP contribution in [0.1, 0.15) is 46.3 Å². The highest BCUT2D eigenvalue weighted by Crippen LogP contribution is 2.64. The summed E-state index contributed by atoms with van der Waals surface area (Å²) in [6, 6.07) is 13.0. The maximum Gasteiger partial charge on any atom is 0.306 e. The Kier molecular flexibility index (Phi) is 6.72. The smallest absolute Gasteiger partial charge is 0.306 e. The van der Waals surface area contributed by atoms with E-state index in [0.29, 0.717) is 5.56 Å². The number of fused-ring (bicyclic) bond motifs is 8. The van der Waals surface area contributed by atoms with Gasteiger partial charge < -0.3 is 49.6 Å². The van der Waals surface area contributed by atoms with Gasteiger partial charge in [0.25, 0.3) is 11.5 Å². The molecule has 5 atom stereocenters. The van der Waals surface area contributed by atoms with Crippen LogP contribution in [0.15, 0.2) is 60.7 Å². The highest BCUT2D eigenvalue weighted by atomic mass is 16.7. The van der Waals surface area contributed by atoms with Crippen LogP contribution in [0.3, 0.4) is 0 Å². The first-order valence-electron chi connectivity index (χ1n) is 14.4. The zero-order valence-corrected chi connectivity index (χ0v) is 24.5. The van der Waals surface area contributed by atoms with Gasteiger partial charge in [-0.2, -0.15) is 0 Å². The molecule has 3 aliphatic heterocycles. The minimum Gasteiger partial charge on any atom is -0.507 e. The summed E-state index contributed by atoms with van der Waals surface area (Å²) in [4.78, 5) is 24.3. The largest absolute Gasteiger partial charge is 0.507 e. The van der Waals surface area contributed by atoms with Crippen molar-refractivity contribution in [3.05, 3.63) is 98.6 Å². The van der Waals surface area contributed by atoms with Gasteiger partial charge in [-0.1, -0.05) is 6.07 Å². The molecule has 0 spiro atoms. The van der Waals surface area contributed by atoms with Gasteiger partial charge in [0.2, 0.25) is 0 Å². The van der Waals surface area contributed by atoms with Crippen LogP contribution in [0.2, 0.25) is 0 Å². The predicted octanol–water partition coefficient (Wildman–Crippen LogP) is 4.11. The highest BCUT2D eigenvalue weighted by Gasteiger charge is 2.60. The summed E-state index contributed by atoms with van der Waals surface area (Å²) in [7, 11) is 1.19. The van der Waals surface area contributed by atoms with Crippen LogP contribution in [0, 0.1) is 16.0 Å². The minimum atomic E-state index is -1.91. The van der Waals surface area contributed by atoms with E-state index in [2.05, 4.69) is 0 Å². The second-order valence-corrected chi connectivity index (χ2v) is 11.6. The molecule has 1 unspecified atom stereocenters. The lowest BCUT2D eigenvalue weighted by molar-refractivity contribution is -0.385. The third kappa shape index (κ3) is 4.55. The number of rotatable bonds is 5. The van der Waals surface area contributed by atoms with Crippen LogP contribution in [0.5, 0.6) is 46.0 Å². The summed E-state index contributed by atoms with van der Waals surface area (Å²) in [5, 5.41) is 74.8. The average Bonchev–Trinajstić information content (AvgIpc) is 3.03. The number of carbonyl (C=O) groups is 1. The number of nitro benzene ring substituents is 1. The van der Waals surface area contributed by atoms with E-state index in [-0.39, 0.29) is 69.5 Å². The number of carbonyl (C=O) groups excluding carboxylic acids is 1. The number of hydrogen-bond acceptors (Lipinski definition) is 13. The first kappa shape index (κ1) is 29.8. The molecule has 0 radical (unpaired) electrons. The standard InChI is InChI=1S/C33H27NO13/c1-44-28(41)12-19-29-18-10-16(34(42)43)4-7-26(18)46-33(19,15-3-6-21(36)24(39)9-15)47-27-13-22(37)17-11-25(40)31(45-32(17)30(27)29)14-2-5-20(35)23(38)8-14/h2-10,13,19,25,29,31,35-40H,11-12H2,1H3/t19?,25-,29-,31+,33+/m0/s1. The molecule has 4 aromatic carbocycles. The maximum absolute atomic E-state index is 13.0. The number of aromatic hydroxyl groups is 5. The number of non-ortho nitro benzene ring substituents is 1. The molecule has 0 aromatic heterocycles. The van der Waals surface area contributed by atoms with Gasteiger partial charge in [0.15, 0.2) is 23.0 Å². The fourth-order valence-electron chi connectivity index (χ4n) is 6.78. The molecule has 7 rings (SSSR count). The number of nitro groups is 1. The molecule has 14 nitrogen and oxygen atoms in total. The Morgan fingerprint density at radius 2 is 1.62 bits per heavy atom. The Balaban J connectivity index is 1.51. The Morgan fingerprint density at radius 3 is 2.30 bits per heavy atom. The highest BCUT2D eigenvalue weighted by molar-refractivity contribution is 5.72. The molecule has 0 amide bonds. The van der Waals surface area contributed by atoms with E-state index < -0.39 is 58.0 Å². The molecule has 0 saturated heterocycles. The van der Waals surface area contributed by atoms with E-state index in [9.17, 15) is 45.5 Å². The molecule has 242 valence electrons. The normalized spacial score (nSPS) is 23.5. The van der Waals surface area contributed by atoms with Crippen LogP contribution in [0.4, 0.5) is 5.69 Å². The lowest BCUT2D eigenvalue weighted by Crippen LogP contribution is -2.55. The number of nitrogens with zero attached hydrogens (tertiary/aromatic N) is 1. The van der Waals surface area contributed by atoms with Crippen LogP contribution in [-0.2, 0) is 21.7 Å². The van der Waals surface area contributed by atoms with Crippen LogP contribution in [0.25, 0.3) is 0 Å². The van der Waals surface area contributed by atoms with Gasteiger partial charge in [0.05, 0.1) is 30.5 Å². The lowest BCUT2D eigenvalue weighted by atomic mass is 9.68. The number of aliphatic hydroxyl groups is 1. The lowest BCUT2D eigenvalue weighted by Gasteiger charge is -2.52. The van der Waals surface area contributed by atoms with Gasteiger partial charge in [-0.15, -0.1) is 0 Å². The van der Waals surface area contributed by atoms with Gasteiger partial charge >= 0.3 is 5.97 Å². The third-order valence-corrected chi connectivity index (χ3v) is 8.95. The number of ether oxygens (including phenoxy) is 4. The number of hydrogen-bond donors (Lipinski definition) is 6. The molecular formula is C33H27NO13. The van der Waals surface area contributed by atoms with Gasteiger partial charge in [0.1, 0.15) is 29.1 Å². The minimum absolute atomic E-state index is 0.0146. The molecular weight excluding hydrogens is 618 g/mol. The molecule has 14 heteroatoms. The molecule has 4 aromatic rings. The fourth-order valence-corrected chi connectivity index (χ4v) is 6.78. The van der Waals surface area contributed by atoms with Crippen molar-refractivity contribution >= 4 is 11.7 Å².